The lowest BCUT2D eigenvalue weighted by molar-refractivity contribution is -0.129. The Kier molecular flexibility index (Phi) is 8.40. The van der Waals surface area contributed by atoms with Crippen molar-refractivity contribution in [3.05, 3.63) is 0 Å². The molecule has 0 aliphatic carbocycles. The zero-order chi connectivity index (χ0) is 13.3. The molecular weight excluding hydrogens is 218 g/mol. The molecule has 17 heavy (non-hydrogen) atoms. The molecule has 0 aromatic rings. The van der Waals surface area contributed by atoms with Crippen molar-refractivity contribution >= 4 is 11.8 Å². The van der Waals surface area contributed by atoms with Crippen molar-refractivity contribution in [3.8, 4) is 0 Å². The van der Waals surface area contributed by atoms with Crippen molar-refractivity contribution in [2.24, 2.45) is 5.92 Å². The van der Waals surface area contributed by atoms with Crippen LogP contribution in [0.2, 0.25) is 0 Å². The first-order valence-electron chi connectivity index (χ1n) is 6.16. The Bertz CT molecular complexity index is 242. The second-order valence-electron chi connectivity index (χ2n) is 4.57. The van der Waals surface area contributed by atoms with E-state index in [1.807, 2.05) is 20.9 Å². The van der Waals surface area contributed by atoms with E-state index in [1.54, 1.807) is 7.05 Å². The predicted octanol–water partition coefficient (Wildman–Crippen LogP) is 0.263. The number of likely N-dealkylation sites (N-methyl/N-ethyl adjacent to an activating group) is 1. The normalized spacial score (nSPS) is 12.3. The summed E-state index contributed by atoms with van der Waals surface area (Å²) in [4.78, 5) is 23.2. The van der Waals surface area contributed by atoms with Gasteiger partial charge in [-0.25, -0.2) is 0 Å². The maximum Gasteiger partial charge on any atom is 0.242 e. The molecule has 2 amide bonds. The minimum absolute atomic E-state index is 0.0606. The van der Waals surface area contributed by atoms with Crippen LogP contribution < -0.4 is 16.0 Å². The van der Waals surface area contributed by atoms with Crippen LogP contribution in [-0.2, 0) is 9.59 Å². The third kappa shape index (κ3) is 7.74. The van der Waals surface area contributed by atoms with Crippen LogP contribution >= 0.6 is 0 Å². The van der Waals surface area contributed by atoms with Gasteiger partial charge in [-0.15, -0.1) is 0 Å². The first kappa shape index (κ1) is 15.9. The Morgan fingerprint density at radius 1 is 1.18 bits per heavy atom. The van der Waals surface area contributed by atoms with Crippen LogP contribution in [-0.4, -0.2) is 38.5 Å². The maximum absolute atomic E-state index is 11.6. The third-order valence-electron chi connectivity index (χ3n) is 2.44. The van der Waals surface area contributed by atoms with Crippen LogP contribution in [0.25, 0.3) is 0 Å². The number of hydrogen-bond acceptors (Lipinski definition) is 3. The van der Waals surface area contributed by atoms with Crippen LogP contribution in [0.4, 0.5) is 0 Å². The molecule has 0 saturated heterocycles. The minimum atomic E-state index is -0.415. The molecule has 3 N–H and O–H groups in total. The van der Waals surface area contributed by atoms with E-state index < -0.39 is 6.04 Å². The minimum Gasteiger partial charge on any atom is -0.357 e. The molecule has 0 heterocycles. The second-order valence-corrected chi connectivity index (χ2v) is 4.57. The number of carbonyl (C=O) groups excluding carboxylic acids is 2. The van der Waals surface area contributed by atoms with Crippen molar-refractivity contribution in [2.75, 3.05) is 20.6 Å². The molecule has 100 valence electrons. The number of rotatable bonds is 8. The van der Waals surface area contributed by atoms with E-state index in [1.165, 1.54) is 0 Å². The smallest absolute Gasteiger partial charge is 0.242 e. The molecule has 0 aromatic heterocycles. The highest BCUT2D eigenvalue weighted by Crippen LogP contribution is 2.05. The Morgan fingerprint density at radius 3 is 2.29 bits per heavy atom. The van der Waals surface area contributed by atoms with Gasteiger partial charge in [0.15, 0.2) is 0 Å². The van der Waals surface area contributed by atoms with Crippen molar-refractivity contribution in [3.63, 3.8) is 0 Å². The Labute approximate surface area is 104 Å². The third-order valence-corrected chi connectivity index (χ3v) is 2.44. The van der Waals surface area contributed by atoms with Crippen molar-refractivity contribution in [2.45, 2.75) is 39.2 Å². The van der Waals surface area contributed by atoms with E-state index in [4.69, 9.17) is 0 Å². The molecule has 0 bridgehead atoms. The molecule has 5 heteroatoms. The summed E-state index contributed by atoms with van der Waals surface area (Å²) in [5, 5.41) is 8.34. The Hall–Kier alpha value is -1.10. The maximum atomic E-state index is 11.6. The molecule has 0 saturated carbocycles. The number of nitrogens with one attached hydrogen (secondary N) is 3. The van der Waals surface area contributed by atoms with Gasteiger partial charge in [-0.1, -0.05) is 13.8 Å². The lowest BCUT2D eigenvalue weighted by Crippen LogP contribution is -2.46. The Morgan fingerprint density at radius 2 is 1.82 bits per heavy atom. The van der Waals surface area contributed by atoms with Crippen LogP contribution in [0.3, 0.4) is 0 Å². The number of amides is 2. The van der Waals surface area contributed by atoms with E-state index in [2.05, 4.69) is 16.0 Å². The summed E-state index contributed by atoms with van der Waals surface area (Å²) < 4.78 is 0. The quantitative estimate of drug-likeness (QED) is 0.536. The molecule has 1 unspecified atom stereocenters. The van der Waals surface area contributed by atoms with Crippen molar-refractivity contribution in [1.29, 1.82) is 0 Å². The van der Waals surface area contributed by atoms with Crippen LogP contribution in [0.15, 0.2) is 0 Å². The monoisotopic (exact) mass is 243 g/mol. The standard InChI is InChI=1S/C12H25N3O2/c1-9(2)8-10(12(17)14-4)15-11(16)6-5-7-13-3/h9-10,13H,5-8H2,1-4H3,(H,14,17)(H,15,16). The number of hydrogen-bond donors (Lipinski definition) is 3. The molecule has 0 aliphatic heterocycles. The first-order valence-corrected chi connectivity index (χ1v) is 6.16. The first-order chi connectivity index (χ1) is 8.01. The summed E-state index contributed by atoms with van der Waals surface area (Å²) in [6.07, 6.45) is 1.90. The highest BCUT2D eigenvalue weighted by molar-refractivity contribution is 5.87. The SMILES string of the molecule is CNCCCC(=O)NC(CC(C)C)C(=O)NC. The zero-order valence-electron chi connectivity index (χ0n) is 11.3. The highest BCUT2D eigenvalue weighted by atomic mass is 16.2. The fraction of sp³-hybridized carbons (Fsp3) is 0.833. The molecule has 1 atom stereocenters. The van der Waals surface area contributed by atoms with Gasteiger partial charge < -0.3 is 16.0 Å². The van der Waals surface area contributed by atoms with Gasteiger partial charge in [-0.05, 0) is 32.4 Å². The van der Waals surface area contributed by atoms with Gasteiger partial charge in [0.25, 0.3) is 0 Å². The summed E-state index contributed by atoms with van der Waals surface area (Å²) >= 11 is 0. The predicted molar refractivity (Wildman–Crippen MR) is 68.6 cm³/mol. The van der Waals surface area contributed by atoms with Crippen LogP contribution in [0.5, 0.6) is 0 Å². The highest BCUT2D eigenvalue weighted by Gasteiger charge is 2.20. The molecule has 0 fully saturated rings. The van der Waals surface area contributed by atoms with E-state index in [-0.39, 0.29) is 11.8 Å². The molecule has 0 rings (SSSR count). The summed E-state index contributed by atoms with van der Waals surface area (Å²) in [7, 11) is 3.44. The average Bonchev–Trinajstić information content (AvgIpc) is 2.27. The summed E-state index contributed by atoms with van der Waals surface area (Å²) in [6.45, 7) is 4.87. The molecule has 0 radical (unpaired) electrons. The average molecular weight is 243 g/mol. The van der Waals surface area contributed by atoms with E-state index >= 15 is 0 Å². The van der Waals surface area contributed by atoms with Gasteiger partial charge in [-0.3, -0.25) is 9.59 Å². The van der Waals surface area contributed by atoms with E-state index in [0.29, 0.717) is 18.8 Å². The van der Waals surface area contributed by atoms with Gasteiger partial charge in [0, 0.05) is 13.5 Å². The van der Waals surface area contributed by atoms with Gasteiger partial charge in [-0.2, -0.15) is 0 Å². The lowest BCUT2D eigenvalue weighted by Gasteiger charge is -2.19. The fourth-order valence-corrected chi connectivity index (χ4v) is 1.57. The largest absolute Gasteiger partial charge is 0.357 e. The van der Waals surface area contributed by atoms with Gasteiger partial charge in [0.1, 0.15) is 6.04 Å². The van der Waals surface area contributed by atoms with Gasteiger partial charge in [0.2, 0.25) is 11.8 Å². The summed E-state index contributed by atoms with van der Waals surface area (Å²) in [5.41, 5.74) is 0. The second kappa shape index (κ2) is 8.98. The Balaban J connectivity index is 4.13. The summed E-state index contributed by atoms with van der Waals surface area (Å²) in [6, 6.07) is -0.415. The molecule has 5 nitrogen and oxygen atoms in total. The molecular formula is C12H25N3O2. The van der Waals surface area contributed by atoms with E-state index in [0.717, 1.165) is 13.0 Å². The van der Waals surface area contributed by atoms with Crippen LogP contribution in [0, 0.1) is 5.92 Å². The van der Waals surface area contributed by atoms with Crippen molar-refractivity contribution in [1.82, 2.24) is 16.0 Å². The lowest BCUT2D eigenvalue weighted by atomic mass is 10.0. The van der Waals surface area contributed by atoms with Crippen LogP contribution in [0.1, 0.15) is 33.1 Å². The molecule has 0 spiro atoms. The summed E-state index contributed by atoms with van der Waals surface area (Å²) in [5.74, 6) is 0.185. The fourth-order valence-electron chi connectivity index (χ4n) is 1.57. The van der Waals surface area contributed by atoms with E-state index in [9.17, 15) is 9.59 Å². The molecule has 0 aliphatic rings. The van der Waals surface area contributed by atoms with Gasteiger partial charge >= 0.3 is 0 Å². The topological polar surface area (TPSA) is 70.2 Å². The zero-order valence-corrected chi connectivity index (χ0v) is 11.3. The number of carbonyl (C=O) groups is 2. The van der Waals surface area contributed by atoms with Gasteiger partial charge in [0.05, 0.1) is 0 Å². The van der Waals surface area contributed by atoms with Crippen molar-refractivity contribution < 1.29 is 9.59 Å². The molecule has 0 aromatic carbocycles.